The van der Waals surface area contributed by atoms with E-state index < -0.39 is 11.5 Å². The van der Waals surface area contributed by atoms with Crippen molar-refractivity contribution in [3.8, 4) is 0 Å². The van der Waals surface area contributed by atoms with Gasteiger partial charge in [0.25, 0.3) is 11.5 Å². The molecule has 122 valence electrons. The maximum absolute atomic E-state index is 12.1. The smallest absolute Gasteiger partial charge is 0.345 e. The van der Waals surface area contributed by atoms with Gasteiger partial charge in [-0.25, -0.2) is 9.48 Å². The Kier molecular flexibility index (Phi) is 4.40. The minimum atomic E-state index is -0.414. The number of H-pyrrole nitrogens is 1. The molecular formula is C15H19N5O3. The van der Waals surface area contributed by atoms with Crippen LogP contribution in [0, 0.1) is 0 Å². The van der Waals surface area contributed by atoms with Gasteiger partial charge in [0.05, 0.1) is 0 Å². The van der Waals surface area contributed by atoms with E-state index in [4.69, 9.17) is 0 Å². The molecule has 3 heterocycles. The zero-order valence-electron chi connectivity index (χ0n) is 12.7. The molecule has 0 saturated carbocycles. The van der Waals surface area contributed by atoms with Gasteiger partial charge in [0.1, 0.15) is 11.4 Å². The molecule has 8 nitrogen and oxygen atoms in total. The molecular weight excluding hydrogens is 298 g/mol. The molecule has 0 fully saturated rings. The van der Waals surface area contributed by atoms with Gasteiger partial charge in [0.15, 0.2) is 0 Å². The van der Waals surface area contributed by atoms with E-state index in [1.165, 1.54) is 16.9 Å². The average Bonchev–Trinajstić information content (AvgIpc) is 2.88. The summed E-state index contributed by atoms with van der Waals surface area (Å²) in [5.74, 6) is 0.435. The van der Waals surface area contributed by atoms with Crippen LogP contribution in [0.25, 0.3) is 0 Å². The average molecular weight is 317 g/mol. The topological polar surface area (TPSA) is 102 Å². The van der Waals surface area contributed by atoms with E-state index in [1.54, 1.807) is 10.6 Å². The van der Waals surface area contributed by atoms with Crippen LogP contribution in [0.15, 0.2) is 27.9 Å². The van der Waals surface area contributed by atoms with Crippen molar-refractivity contribution in [2.75, 3.05) is 6.54 Å². The summed E-state index contributed by atoms with van der Waals surface area (Å²) in [7, 11) is 0. The number of nitrogens with one attached hydrogen (secondary N) is 2. The quantitative estimate of drug-likeness (QED) is 0.751. The highest BCUT2D eigenvalue weighted by molar-refractivity contribution is 5.93. The van der Waals surface area contributed by atoms with Crippen LogP contribution in [-0.4, -0.2) is 31.8 Å². The van der Waals surface area contributed by atoms with Crippen LogP contribution >= 0.6 is 0 Å². The van der Waals surface area contributed by atoms with Gasteiger partial charge >= 0.3 is 5.69 Å². The van der Waals surface area contributed by atoms with Crippen LogP contribution < -0.4 is 16.6 Å². The van der Waals surface area contributed by atoms with Gasteiger partial charge in [-0.2, -0.15) is 5.10 Å². The minimum Gasteiger partial charge on any atom is -0.352 e. The molecule has 0 spiro atoms. The molecule has 0 aliphatic carbocycles. The molecule has 1 amide bonds. The molecule has 0 bridgehead atoms. The number of nitrogens with zero attached hydrogens (tertiary/aromatic N) is 3. The second kappa shape index (κ2) is 6.64. The van der Waals surface area contributed by atoms with E-state index in [2.05, 4.69) is 15.4 Å². The molecule has 8 heteroatoms. The normalized spacial score (nSPS) is 13.6. The summed E-state index contributed by atoms with van der Waals surface area (Å²) >= 11 is 0. The number of amides is 1. The highest BCUT2D eigenvalue weighted by Gasteiger charge is 2.16. The van der Waals surface area contributed by atoms with Crippen LogP contribution in [0.5, 0.6) is 0 Å². The zero-order valence-corrected chi connectivity index (χ0v) is 12.7. The third-order valence-corrected chi connectivity index (χ3v) is 3.93. The number of hydrogen-bond donors (Lipinski definition) is 2. The summed E-state index contributed by atoms with van der Waals surface area (Å²) in [5, 5.41) is 7.02. The molecule has 2 aromatic rings. The van der Waals surface area contributed by atoms with Crippen molar-refractivity contribution in [2.24, 2.45) is 0 Å². The molecule has 0 saturated heterocycles. The first-order chi connectivity index (χ1) is 11.2. The first-order valence-electron chi connectivity index (χ1n) is 7.79. The van der Waals surface area contributed by atoms with Crippen molar-refractivity contribution in [3.05, 3.63) is 50.6 Å². The summed E-state index contributed by atoms with van der Waals surface area (Å²) in [4.78, 5) is 38.0. The number of aromatic amines is 1. The second-order valence-electron chi connectivity index (χ2n) is 5.55. The molecule has 0 aromatic carbocycles. The van der Waals surface area contributed by atoms with Gasteiger partial charge in [-0.3, -0.25) is 14.2 Å². The second-order valence-corrected chi connectivity index (χ2v) is 5.55. The SMILES string of the molecule is O=C(NCCCn1nc2n(c1=O)CCCC2)c1ccc[nH]c1=O. The van der Waals surface area contributed by atoms with Crippen LogP contribution in [0.1, 0.15) is 35.4 Å². The lowest BCUT2D eigenvalue weighted by Gasteiger charge is -2.09. The minimum absolute atomic E-state index is 0.0782. The molecule has 23 heavy (non-hydrogen) atoms. The van der Waals surface area contributed by atoms with E-state index in [9.17, 15) is 14.4 Å². The molecule has 2 N–H and O–H groups in total. The Labute approximate surface area is 132 Å². The predicted molar refractivity (Wildman–Crippen MR) is 83.4 cm³/mol. The number of rotatable bonds is 5. The van der Waals surface area contributed by atoms with Crippen molar-refractivity contribution in [1.29, 1.82) is 0 Å². The van der Waals surface area contributed by atoms with Crippen molar-refractivity contribution >= 4 is 5.91 Å². The van der Waals surface area contributed by atoms with Crippen molar-refractivity contribution < 1.29 is 4.79 Å². The fourth-order valence-electron chi connectivity index (χ4n) is 2.72. The molecule has 3 rings (SSSR count). The van der Waals surface area contributed by atoms with E-state index in [1.807, 2.05) is 0 Å². The lowest BCUT2D eigenvalue weighted by atomic mass is 10.2. The lowest BCUT2D eigenvalue weighted by molar-refractivity contribution is 0.0951. The summed E-state index contributed by atoms with van der Waals surface area (Å²) in [5.41, 5.74) is -0.407. The number of hydrogen-bond acceptors (Lipinski definition) is 4. The molecule has 0 radical (unpaired) electrons. The molecule has 1 aliphatic rings. The van der Waals surface area contributed by atoms with Gasteiger partial charge in [-0.1, -0.05) is 0 Å². The number of aromatic nitrogens is 4. The summed E-state index contributed by atoms with van der Waals surface area (Å²) in [6, 6.07) is 3.08. The third kappa shape index (κ3) is 3.25. The van der Waals surface area contributed by atoms with Crippen LogP contribution in [0.4, 0.5) is 0 Å². The first kappa shape index (κ1) is 15.3. The van der Waals surface area contributed by atoms with E-state index in [0.29, 0.717) is 19.5 Å². The third-order valence-electron chi connectivity index (χ3n) is 3.93. The number of aryl methyl sites for hydroxylation is 2. The molecule has 2 aromatic heterocycles. The Morgan fingerprint density at radius 2 is 2.22 bits per heavy atom. The predicted octanol–water partition coefficient (Wildman–Crippen LogP) is -0.111. The monoisotopic (exact) mass is 317 g/mol. The van der Waals surface area contributed by atoms with Crippen molar-refractivity contribution in [3.63, 3.8) is 0 Å². The molecule has 1 aliphatic heterocycles. The van der Waals surface area contributed by atoms with Crippen LogP contribution in [-0.2, 0) is 19.5 Å². The number of fused-ring (bicyclic) bond motifs is 1. The highest BCUT2D eigenvalue weighted by atomic mass is 16.2. The Morgan fingerprint density at radius 3 is 3.00 bits per heavy atom. The maximum Gasteiger partial charge on any atom is 0.345 e. The van der Waals surface area contributed by atoms with Gasteiger partial charge < -0.3 is 10.3 Å². The Morgan fingerprint density at radius 1 is 1.35 bits per heavy atom. The van der Waals surface area contributed by atoms with Crippen molar-refractivity contribution in [1.82, 2.24) is 24.6 Å². The molecule has 0 unspecified atom stereocenters. The summed E-state index contributed by atoms with van der Waals surface area (Å²) < 4.78 is 3.19. The maximum atomic E-state index is 12.1. The standard InChI is InChI=1S/C15H19N5O3/c21-13-11(5-3-7-16-13)14(22)17-8-4-10-20-15(23)19-9-2-1-6-12(19)18-20/h3,5,7H,1-2,4,6,8-10H2,(H,16,21)(H,17,22). The van der Waals surface area contributed by atoms with Gasteiger partial charge in [-0.15, -0.1) is 0 Å². The first-order valence-corrected chi connectivity index (χ1v) is 7.79. The van der Waals surface area contributed by atoms with Gasteiger partial charge in [0, 0.05) is 32.3 Å². The summed E-state index contributed by atoms with van der Waals surface area (Å²) in [6.07, 6.45) is 4.98. The fraction of sp³-hybridized carbons (Fsp3) is 0.467. The largest absolute Gasteiger partial charge is 0.352 e. The van der Waals surface area contributed by atoms with Gasteiger partial charge in [-0.05, 0) is 31.4 Å². The number of pyridine rings is 1. The van der Waals surface area contributed by atoms with Crippen molar-refractivity contribution in [2.45, 2.75) is 38.8 Å². The Hall–Kier alpha value is -2.64. The number of carbonyl (C=O) groups excluding carboxylic acids is 1. The Balaban J connectivity index is 1.53. The van der Waals surface area contributed by atoms with E-state index >= 15 is 0 Å². The lowest BCUT2D eigenvalue weighted by Crippen LogP contribution is -2.31. The Bertz CT molecular complexity index is 817. The van der Waals surface area contributed by atoms with E-state index in [0.717, 1.165) is 31.6 Å². The number of carbonyl (C=O) groups is 1. The fourth-order valence-corrected chi connectivity index (χ4v) is 2.72. The van der Waals surface area contributed by atoms with Gasteiger partial charge in [0.2, 0.25) is 0 Å². The van der Waals surface area contributed by atoms with Crippen LogP contribution in [0.2, 0.25) is 0 Å². The van der Waals surface area contributed by atoms with Crippen LogP contribution in [0.3, 0.4) is 0 Å². The summed E-state index contributed by atoms with van der Waals surface area (Å²) in [6.45, 7) is 1.56. The highest BCUT2D eigenvalue weighted by Crippen LogP contribution is 2.09. The van der Waals surface area contributed by atoms with E-state index in [-0.39, 0.29) is 11.3 Å². The zero-order chi connectivity index (χ0) is 16.2. The molecule has 0 atom stereocenters.